The van der Waals surface area contributed by atoms with E-state index in [0.717, 1.165) is 0 Å². The van der Waals surface area contributed by atoms with Gasteiger partial charge in [-0.05, 0) is 18.2 Å². The first-order chi connectivity index (χ1) is 10.5. The minimum absolute atomic E-state index is 0.0370. The number of carbonyl (C=O) groups excluding carboxylic acids is 1. The van der Waals surface area contributed by atoms with Crippen molar-refractivity contribution in [3.05, 3.63) is 33.9 Å². The summed E-state index contributed by atoms with van der Waals surface area (Å²) in [6, 6.07) is 4.03. The quantitative estimate of drug-likeness (QED) is 0.877. The van der Waals surface area contributed by atoms with Crippen LogP contribution in [-0.2, 0) is 9.53 Å². The summed E-state index contributed by atoms with van der Waals surface area (Å²) >= 11 is 12.2. The van der Waals surface area contributed by atoms with Crippen LogP contribution in [0, 0.1) is 0 Å². The Balaban J connectivity index is 2.01. The first kappa shape index (κ1) is 15.1. The van der Waals surface area contributed by atoms with Crippen molar-refractivity contribution in [2.45, 2.75) is 6.04 Å². The van der Waals surface area contributed by atoms with Crippen LogP contribution in [-0.4, -0.2) is 52.7 Å². The number of hydrogen-bond donors (Lipinski definition) is 2. The maximum Gasteiger partial charge on any atom is 0.328 e. The normalized spacial score (nSPS) is 18.6. The van der Waals surface area contributed by atoms with Crippen molar-refractivity contribution in [3.8, 4) is 0 Å². The Morgan fingerprint density at radius 2 is 2.14 bits per heavy atom. The average molecular weight is 343 g/mol. The Bertz CT molecular complexity index is 759. The van der Waals surface area contributed by atoms with E-state index in [4.69, 9.17) is 27.9 Å². The lowest BCUT2D eigenvalue weighted by Gasteiger charge is -2.32. The SMILES string of the molecule is O=C(O)C1COCCN1C(=O)c1[nH]c2ccc(Cl)cc2c1Cl. The molecule has 1 saturated heterocycles. The van der Waals surface area contributed by atoms with Gasteiger partial charge in [0.15, 0.2) is 6.04 Å². The molecule has 116 valence electrons. The number of fused-ring (bicyclic) bond motifs is 1. The van der Waals surface area contributed by atoms with Gasteiger partial charge in [-0.15, -0.1) is 0 Å². The van der Waals surface area contributed by atoms with Crippen LogP contribution in [0.2, 0.25) is 10.0 Å². The fourth-order valence-electron chi connectivity index (χ4n) is 2.47. The smallest absolute Gasteiger partial charge is 0.328 e. The number of carboxylic acids is 1. The molecule has 6 nitrogen and oxygen atoms in total. The van der Waals surface area contributed by atoms with E-state index in [1.807, 2.05) is 0 Å². The molecule has 0 spiro atoms. The highest BCUT2D eigenvalue weighted by Gasteiger charge is 2.35. The highest BCUT2D eigenvalue weighted by atomic mass is 35.5. The third-order valence-corrected chi connectivity index (χ3v) is 4.21. The molecule has 1 aliphatic rings. The van der Waals surface area contributed by atoms with Crippen LogP contribution in [0.4, 0.5) is 0 Å². The number of nitrogens with one attached hydrogen (secondary N) is 1. The number of aromatic amines is 1. The van der Waals surface area contributed by atoms with Gasteiger partial charge in [0.1, 0.15) is 5.69 Å². The summed E-state index contributed by atoms with van der Waals surface area (Å²) in [5.41, 5.74) is 0.824. The Hall–Kier alpha value is -1.76. The van der Waals surface area contributed by atoms with E-state index >= 15 is 0 Å². The van der Waals surface area contributed by atoms with Crippen LogP contribution < -0.4 is 0 Å². The Kier molecular flexibility index (Phi) is 3.99. The van der Waals surface area contributed by atoms with Crippen LogP contribution in [0.3, 0.4) is 0 Å². The van der Waals surface area contributed by atoms with E-state index in [0.29, 0.717) is 22.5 Å². The number of benzene rings is 1. The molecule has 1 amide bonds. The molecule has 1 unspecified atom stereocenters. The van der Waals surface area contributed by atoms with E-state index in [2.05, 4.69) is 4.98 Å². The van der Waals surface area contributed by atoms with Gasteiger partial charge in [0.25, 0.3) is 5.91 Å². The lowest BCUT2D eigenvalue weighted by Crippen LogP contribution is -2.52. The first-order valence-electron chi connectivity index (χ1n) is 6.57. The predicted octanol–water partition coefficient (Wildman–Crippen LogP) is 2.40. The summed E-state index contributed by atoms with van der Waals surface area (Å²) < 4.78 is 5.13. The Morgan fingerprint density at radius 3 is 2.86 bits per heavy atom. The van der Waals surface area contributed by atoms with E-state index in [9.17, 15) is 14.7 Å². The van der Waals surface area contributed by atoms with E-state index in [-0.39, 0.29) is 23.9 Å². The number of hydrogen-bond acceptors (Lipinski definition) is 3. The number of H-pyrrole nitrogens is 1. The summed E-state index contributed by atoms with van der Waals surface area (Å²) in [5, 5.41) is 10.6. The van der Waals surface area contributed by atoms with Gasteiger partial charge in [-0.25, -0.2) is 4.79 Å². The average Bonchev–Trinajstić information content (AvgIpc) is 2.83. The third kappa shape index (κ3) is 2.54. The zero-order chi connectivity index (χ0) is 15.9. The topological polar surface area (TPSA) is 82.6 Å². The summed E-state index contributed by atoms with van der Waals surface area (Å²) in [6.07, 6.45) is 0. The number of aliphatic carboxylic acids is 1. The molecule has 1 fully saturated rings. The van der Waals surface area contributed by atoms with Gasteiger partial charge in [-0.2, -0.15) is 0 Å². The molecular formula is C14H12Cl2N2O4. The van der Waals surface area contributed by atoms with Gasteiger partial charge >= 0.3 is 5.97 Å². The van der Waals surface area contributed by atoms with Crippen molar-refractivity contribution in [2.75, 3.05) is 19.8 Å². The molecule has 0 aliphatic carbocycles. The van der Waals surface area contributed by atoms with Crippen LogP contribution >= 0.6 is 23.2 Å². The molecule has 8 heteroatoms. The van der Waals surface area contributed by atoms with Gasteiger partial charge in [-0.3, -0.25) is 4.79 Å². The molecule has 0 radical (unpaired) electrons. The molecular weight excluding hydrogens is 331 g/mol. The van der Waals surface area contributed by atoms with Crippen molar-refractivity contribution < 1.29 is 19.4 Å². The van der Waals surface area contributed by atoms with E-state index in [1.54, 1.807) is 18.2 Å². The van der Waals surface area contributed by atoms with E-state index < -0.39 is 17.9 Å². The number of amides is 1. The van der Waals surface area contributed by atoms with Crippen molar-refractivity contribution in [2.24, 2.45) is 0 Å². The summed E-state index contributed by atoms with van der Waals surface area (Å²) in [6.45, 7) is 0.451. The summed E-state index contributed by atoms with van der Waals surface area (Å²) in [5.74, 6) is -1.57. The lowest BCUT2D eigenvalue weighted by atomic mass is 10.2. The second kappa shape index (κ2) is 5.79. The van der Waals surface area contributed by atoms with Gasteiger partial charge < -0.3 is 19.7 Å². The number of rotatable bonds is 2. The first-order valence-corrected chi connectivity index (χ1v) is 7.33. The second-order valence-electron chi connectivity index (χ2n) is 4.93. The number of morpholine rings is 1. The molecule has 1 aromatic heterocycles. The zero-order valence-corrected chi connectivity index (χ0v) is 12.8. The van der Waals surface area contributed by atoms with E-state index in [1.165, 1.54) is 4.90 Å². The van der Waals surface area contributed by atoms with Gasteiger partial charge in [0, 0.05) is 22.5 Å². The highest BCUT2D eigenvalue weighted by molar-refractivity contribution is 6.39. The van der Waals surface area contributed by atoms with Crippen LogP contribution in [0.15, 0.2) is 18.2 Å². The largest absolute Gasteiger partial charge is 0.480 e. The van der Waals surface area contributed by atoms with Gasteiger partial charge in [-0.1, -0.05) is 23.2 Å². The molecule has 0 saturated carbocycles. The fraction of sp³-hybridized carbons (Fsp3) is 0.286. The second-order valence-corrected chi connectivity index (χ2v) is 5.75. The van der Waals surface area contributed by atoms with Crippen LogP contribution in [0.25, 0.3) is 10.9 Å². The highest BCUT2D eigenvalue weighted by Crippen LogP contribution is 2.31. The number of aromatic nitrogens is 1. The third-order valence-electron chi connectivity index (χ3n) is 3.59. The molecule has 22 heavy (non-hydrogen) atoms. The maximum absolute atomic E-state index is 12.6. The number of carboxylic acid groups (broad SMARTS) is 1. The molecule has 0 bridgehead atoms. The zero-order valence-electron chi connectivity index (χ0n) is 11.3. The molecule has 2 aromatic rings. The van der Waals surface area contributed by atoms with Crippen molar-refractivity contribution >= 4 is 46.0 Å². The van der Waals surface area contributed by atoms with Crippen LogP contribution in [0.5, 0.6) is 0 Å². The number of nitrogens with zero attached hydrogens (tertiary/aromatic N) is 1. The molecule has 1 aliphatic heterocycles. The van der Waals surface area contributed by atoms with Gasteiger partial charge in [0.05, 0.1) is 18.2 Å². The molecule has 3 rings (SSSR count). The Labute approximate surface area is 135 Å². The van der Waals surface area contributed by atoms with Crippen molar-refractivity contribution in [1.82, 2.24) is 9.88 Å². The minimum Gasteiger partial charge on any atom is -0.480 e. The maximum atomic E-state index is 12.6. The van der Waals surface area contributed by atoms with Gasteiger partial charge in [0.2, 0.25) is 0 Å². The monoisotopic (exact) mass is 342 g/mol. The number of halogens is 2. The predicted molar refractivity (Wildman–Crippen MR) is 81.6 cm³/mol. The molecule has 1 atom stereocenters. The fourth-order valence-corrected chi connectivity index (χ4v) is 2.93. The summed E-state index contributed by atoms with van der Waals surface area (Å²) in [4.78, 5) is 28.1. The molecule has 2 N–H and O–H groups in total. The minimum atomic E-state index is -1.11. The van der Waals surface area contributed by atoms with Crippen molar-refractivity contribution in [1.29, 1.82) is 0 Å². The molecule has 2 heterocycles. The van der Waals surface area contributed by atoms with Crippen LogP contribution in [0.1, 0.15) is 10.5 Å². The number of ether oxygens (including phenoxy) is 1. The standard InChI is InChI=1S/C14H12Cl2N2O4/c15-7-1-2-9-8(5-7)11(16)12(17-9)13(19)18-3-4-22-6-10(18)14(20)21/h1-2,5,10,17H,3-4,6H2,(H,20,21). The Morgan fingerprint density at radius 1 is 1.36 bits per heavy atom. The lowest BCUT2D eigenvalue weighted by molar-refractivity contribution is -0.147. The van der Waals surface area contributed by atoms with Crippen molar-refractivity contribution in [3.63, 3.8) is 0 Å². The number of carbonyl (C=O) groups is 2. The summed E-state index contributed by atoms with van der Waals surface area (Å²) in [7, 11) is 0. The molecule has 1 aromatic carbocycles.